The molecule has 0 aliphatic carbocycles. The highest BCUT2D eigenvalue weighted by molar-refractivity contribution is 5.99. The van der Waals surface area contributed by atoms with E-state index in [9.17, 15) is 14.4 Å². The summed E-state index contributed by atoms with van der Waals surface area (Å²) in [7, 11) is 0. The molecule has 0 aliphatic heterocycles. The fraction of sp³-hybridized carbons (Fsp3) is 0.375. The van der Waals surface area contributed by atoms with E-state index in [1.165, 1.54) is 26.1 Å². The Morgan fingerprint density at radius 1 is 1.29 bits per heavy atom. The van der Waals surface area contributed by atoms with Gasteiger partial charge in [-0.3, -0.25) is 9.59 Å². The fourth-order valence-electron chi connectivity index (χ4n) is 2.05. The van der Waals surface area contributed by atoms with E-state index in [4.69, 9.17) is 4.74 Å². The van der Waals surface area contributed by atoms with Crippen molar-refractivity contribution in [1.29, 1.82) is 0 Å². The lowest BCUT2D eigenvalue weighted by Gasteiger charge is -2.15. The van der Waals surface area contributed by atoms with Crippen molar-refractivity contribution in [2.75, 3.05) is 5.32 Å². The van der Waals surface area contributed by atoms with Crippen LogP contribution in [0.15, 0.2) is 24.5 Å². The molecule has 8 nitrogen and oxygen atoms in total. The molecule has 2 rings (SSSR count). The van der Waals surface area contributed by atoms with Gasteiger partial charge in [-0.05, 0) is 33.8 Å². The van der Waals surface area contributed by atoms with Gasteiger partial charge in [0.25, 0.3) is 5.91 Å². The molecule has 0 aromatic carbocycles. The molecule has 2 aromatic rings. The minimum Gasteiger partial charge on any atom is -0.448 e. The number of aromatic nitrogens is 3. The summed E-state index contributed by atoms with van der Waals surface area (Å²) in [5, 5.41) is 6.79. The number of ketones is 1. The van der Waals surface area contributed by atoms with Gasteiger partial charge < -0.3 is 15.0 Å². The minimum atomic E-state index is -1.00. The third-order valence-electron chi connectivity index (χ3n) is 3.37. The number of H-pyrrole nitrogens is 1. The highest BCUT2D eigenvalue weighted by Gasteiger charge is 2.21. The molecule has 24 heavy (non-hydrogen) atoms. The highest BCUT2D eigenvalue weighted by Crippen LogP contribution is 2.14. The van der Waals surface area contributed by atoms with E-state index in [0.29, 0.717) is 11.4 Å². The molecule has 2 aromatic heterocycles. The summed E-state index contributed by atoms with van der Waals surface area (Å²) < 4.78 is 6.77. The molecule has 1 amide bonds. The molecule has 0 saturated carbocycles. The first-order valence-corrected chi connectivity index (χ1v) is 7.54. The Hall–Kier alpha value is -2.90. The van der Waals surface area contributed by atoms with Crippen molar-refractivity contribution in [3.8, 4) is 0 Å². The standard InChI is InChI=1S/C16H20N4O4/c1-9(2)20-14(5-6-18-20)19-15(22)11(4)24-16(23)13-7-12(8-17-13)10(3)21/h5-9,11,17H,1-4H3,(H,19,22)/t11-/m1/s1. The van der Waals surface area contributed by atoms with Crippen LogP contribution in [0.5, 0.6) is 0 Å². The number of amides is 1. The van der Waals surface area contributed by atoms with Gasteiger partial charge >= 0.3 is 5.97 Å². The van der Waals surface area contributed by atoms with Crippen LogP contribution in [0.25, 0.3) is 0 Å². The normalized spacial score (nSPS) is 12.0. The Morgan fingerprint density at radius 2 is 2.00 bits per heavy atom. The molecule has 0 bridgehead atoms. The number of ether oxygens (including phenoxy) is 1. The largest absolute Gasteiger partial charge is 0.448 e. The average molecular weight is 332 g/mol. The fourth-order valence-corrected chi connectivity index (χ4v) is 2.05. The molecule has 8 heteroatoms. The zero-order valence-electron chi connectivity index (χ0n) is 14.0. The predicted octanol–water partition coefficient (Wildman–Crippen LogP) is 2.18. The number of hydrogen-bond acceptors (Lipinski definition) is 5. The summed E-state index contributed by atoms with van der Waals surface area (Å²) >= 11 is 0. The summed E-state index contributed by atoms with van der Waals surface area (Å²) in [6.45, 7) is 6.73. The average Bonchev–Trinajstić information content (AvgIpc) is 3.15. The van der Waals surface area contributed by atoms with E-state index >= 15 is 0 Å². The lowest BCUT2D eigenvalue weighted by Crippen LogP contribution is -2.31. The zero-order chi connectivity index (χ0) is 17.9. The van der Waals surface area contributed by atoms with Crippen molar-refractivity contribution < 1.29 is 19.1 Å². The number of carbonyl (C=O) groups excluding carboxylic acids is 3. The molecule has 2 N–H and O–H groups in total. The Bertz CT molecular complexity index is 760. The van der Waals surface area contributed by atoms with Crippen molar-refractivity contribution in [2.45, 2.75) is 39.8 Å². The van der Waals surface area contributed by atoms with Crippen LogP contribution in [0, 0.1) is 0 Å². The highest BCUT2D eigenvalue weighted by atomic mass is 16.5. The van der Waals surface area contributed by atoms with E-state index < -0.39 is 18.0 Å². The van der Waals surface area contributed by atoms with Crippen molar-refractivity contribution in [2.24, 2.45) is 0 Å². The van der Waals surface area contributed by atoms with E-state index in [1.54, 1.807) is 16.9 Å². The third kappa shape index (κ3) is 3.89. The number of nitrogens with zero attached hydrogens (tertiary/aromatic N) is 2. The predicted molar refractivity (Wildman–Crippen MR) is 86.9 cm³/mol. The first kappa shape index (κ1) is 17.5. The van der Waals surface area contributed by atoms with Gasteiger partial charge in [0.05, 0.1) is 6.20 Å². The molecule has 0 spiro atoms. The quantitative estimate of drug-likeness (QED) is 0.623. The summed E-state index contributed by atoms with van der Waals surface area (Å²) in [5.74, 6) is -0.818. The number of esters is 1. The summed E-state index contributed by atoms with van der Waals surface area (Å²) in [6.07, 6.45) is 2.00. The van der Waals surface area contributed by atoms with Crippen molar-refractivity contribution >= 4 is 23.5 Å². The topological polar surface area (TPSA) is 106 Å². The summed E-state index contributed by atoms with van der Waals surface area (Å²) in [4.78, 5) is 38.1. The Morgan fingerprint density at radius 3 is 2.58 bits per heavy atom. The number of rotatable bonds is 6. The minimum absolute atomic E-state index is 0.0806. The van der Waals surface area contributed by atoms with E-state index in [1.807, 2.05) is 13.8 Å². The first-order valence-electron chi connectivity index (χ1n) is 7.54. The van der Waals surface area contributed by atoms with Crippen LogP contribution in [0.1, 0.15) is 54.6 Å². The van der Waals surface area contributed by atoms with Gasteiger partial charge in [0.1, 0.15) is 11.5 Å². The lowest BCUT2D eigenvalue weighted by molar-refractivity contribution is -0.123. The maximum absolute atomic E-state index is 12.2. The third-order valence-corrected chi connectivity index (χ3v) is 3.37. The van der Waals surface area contributed by atoms with E-state index in [2.05, 4.69) is 15.4 Å². The van der Waals surface area contributed by atoms with Crippen LogP contribution in [0.3, 0.4) is 0 Å². The monoisotopic (exact) mass is 332 g/mol. The van der Waals surface area contributed by atoms with Gasteiger partial charge in [-0.25, -0.2) is 9.48 Å². The van der Waals surface area contributed by atoms with Crippen LogP contribution in [-0.4, -0.2) is 38.5 Å². The first-order chi connectivity index (χ1) is 11.3. The van der Waals surface area contributed by atoms with Crippen molar-refractivity contribution in [3.05, 3.63) is 35.8 Å². The number of carbonyl (C=O) groups is 3. The molecule has 1 atom stereocenters. The van der Waals surface area contributed by atoms with Crippen LogP contribution >= 0.6 is 0 Å². The summed E-state index contributed by atoms with van der Waals surface area (Å²) in [5.41, 5.74) is 0.493. The number of aromatic amines is 1. The molecule has 0 aliphatic rings. The molecule has 2 heterocycles. The van der Waals surface area contributed by atoms with Gasteiger partial charge in [0.2, 0.25) is 0 Å². The molecule has 0 unspecified atom stereocenters. The Labute approximate surface area is 139 Å². The van der Waals surface area contributed by atoms with Crippen LogP contribution < -0.4 is 5.32 Å². The lowest BCUT2D eigenvalue weighted by atomic mass is 10.2. The van der Waals surface area contributed by atoms with Gasteiger partial charge in [-0.2, -0.15) is 5.10 Å². The van der Waals surface area contributed by atoms with Crippen molar-refractivity contribution in [3.63, 3.8) is 0 Å². The maximum Gasteiger partial charge on any atom is 0.355 e. The molecule has 0 saturated heterocycles. The number of anilines is 1. The molecule has 0 radical (unpaired) electrons. The molecule has 0 fully saturated rings. The van der Waals surface area contributed by atoms with Crippen LogP contribution in [-0.2, 0) is 9.53 Å². The second kappa shape index (κ2) is 7.12. The van der Waals surface area contributed by atoms with E-state index in [0.717, 1.165) is 0 Å². The second-order valence-corrected chi connectivity index (χ2v) is 5.65. The molecular formula is C16H20N4O4. The van der Waals surface area contributed by atoms with Crippen molar-refractivity contribution in [1.82, 2.24) is 14.8 Å². The SMILES string of the molecule is CC(=O)c1c[nH]c(C(=O)O[C@H](C)C(=O)Nc2ccnn2C(C)C)c1. The Balaban J connectivity index is 1.99. The van der Waals surface area contributed by atoms with E-state index in [-0.39, 0.29) is 17.5 Å². The van der Waals surface area contributed by atoms with Gasteiger partial charge in [-0.15, -0.1) is 0 Å². The zero-order valence-corrected chi connectivity index (χ0v) is 14.0. The molecular weight excluding hydrogens is 312 g/mol. The van der Waals surface area contributed by atoms with Gasteiger partial charge in [-0.1, -0.05) is 0 Å². The van der Waals surface area contributed by atoms with Crippen LogP contribution in [0.4, 0.5) is 5.82 Å². The summed E-state index contributed by atoms with van der Waals surface area (Å²) in [6, 6.07) is 3.14. The molecule has 128 valence electrons. The van der Waals surface area contributed by atoms with Crippen LogP contribution in [0.2, 0.25) is 0 Å². The number of Topliss-reactive ketones (excluding diaryl/α,β-unsaturated/α-hetero) is 1. The van der Waals surface area contributed by atoms with Gasteiger partial charge in [0.15, 0.2) is 11.9 Å². The van der Waals surface area contributed by atoms with Gasteiger partial charge in [0, 0.05) is 23.9 Å². The number of hydrogen-bond donors (Lipinski definition) is 2. The maximum atomic E-state index is 12.2. The smallest absolute Gasteiger partial charge is 0.355 e. The second-order valence-electron chi connectivity index (χ2n) is 5.65. The Kier molecular flexibility index (Phi) is 5.18. The number of nitrogens with one attached hydrogen (secondary N) is 2.